The Kier molecular flexibility index (Phi) is 4.39. The van der Waals surface area contributed by atoms with Crippen LogP contribution in [0.15, 0.2) is 48.0 Å². The van der Waals surface area contributed by atoms with Gasteiger partial charge in [-0.1, -0.05) is 10.4 Å². The summed E-state index contributed by atoms with van der Waals surface area (Å²) in [5.41, 5.74) is 5.40. The molecule has 9 nitrogen and oxygen atoms in total. The highest BCUT2D eigenvalue weighted by atomic mass is 19.4. The molecule has 0 unspecified atom stereocenters. The number of hydrogen-bond donors (Lipinski definition) is 3. The van der Waals surface area contributed by atoms with E-state index in [0.29, 0.717) is 11.5 Å². The van der Waals surface area contributed by atoms with Crippen molar-refractivity contribution < 1.29 is 18.4 Å². The van der Waals surface area contributed by atoms with E-state index in [1.165, 1.54) is 29.2 Å². The van der Waals surface area contributed by atoms with Crippen LogP contribution in [0.1, 0.15) is 11.3 Å². The number of nitrogens with two attached hydrogens (primary N) is 1. The maximum Gasteiger partial charge on any atom is 0.417 e. The number of pyridine rings is 2. The summed E-state index contributed by atoms with van der Waals surface area (Å²) in [5, 5.41) is 22.0. The molecule has 4 N–H and O–H groups in total. The standard InChI is InChI=1S/C14H11F3N8O/c15-14(16,17)8-1-4-12(20-5-8)25-7-11(22-24-25)21-9-2-3-10(19-6-9)13(18)23-26/h1-7,21,26H,(H2,18,23). The average molecular weight is 364 g/mol. The molecule has 0 saturated carbocycles. The number of hydrogen-bond acceptors (Lipinski definition) is 7. The summed E-state index contributed by atoms with van der Waals surface area (Å²) in [4.78, 5) is 7.72. The Hall–Kier alpha value is -3.70. The number of oxime groups is 1. The van der Waals surface area contributed by atoms with Gasteiger partial charge in [-0.2, -0.15) is 13.2 Å². The molecule has 0 aliphatic rings. The summed E-state index contributed by atoms with van der Waals surface area (Å²) < 4.78 is 38.9. The van der Waals surface area contributed by atoms with Crippen molar-refractivity contribution in [3.8, 4) is 5.82 Å². The number of alkyl halides is 3. The molecule has 0 atom stereocenters. The van der Waals surface area contributed by atoms with E-state index in [2.05, 4.69) is 30.8 Å². The molecule has 0 aliphatic heterocycles. The van der Waals surface area contributed by atoms with E-state index < -0.39 is 11.7 Å². The van der Waals surface area contributed by atoms with Crippen molar-refractivity contribution in [3.05, 3.63) is 54.1 Å². The molecule has 26 heavy (non-hydrogen) atoms. The maximum absolute atomic E-state index is 12.5. The van der Waals surface area contributed by atoms with Gasteiger partial charge in [-0.15, -0.1) is 5.10 Å². The molecule has 0 amide bonds. The zero-order chi connectivity index (χ0) is 18.7. The predicted octanol–water partition coefficient (Wildman–Crippen LogP) is 1.91. The molecule has 12 heteroatoms. The summed E-state index contributed by atoms with van der Waals surface area (Å²) in [5.74, 6) is 0.375. The van der Waals surface area contributed by atoms with Crippen molar-refractivity contribution in [3.63, 3.8) is 0 Å². The van der Waals surface area contributed by atoms with Gasteiger partial charge in [-0.25, -0.2) is 9.67 Å². The number of halogens is 3. The van der Waals surface area contributed by atoms with Crippen LogP contribution in [0.3, 0.4) is 0 Å². The van der Waals surface area contributed by atoms with Crippen LogP contribution in [-0.4, -0.2) is 36.0 Å². The number of aromatic nitrogens is 5. The van der Waals surface area contributed by atoms with Crippen LogP contribution >= 0.6 is 0 Å². The molecule has 3 aromatic heterocycles. The Morgan fingerprint density at radius 3 is 2.54 bits per heavy atom. The Morgan fingerprint density at radius 2 is 1.96 bits per heavy atom. The third-order valence-corrected chi connectivity index (χ3v) is 3.21. The van der Waals surface area contributed by atoms with Gasteiger partial charge in [0.15, 0.2) is 17.5 Å². The summed E-state index contributed by atoms with van der Waals surface area (Å²) in [6.07, 6.45) is -0.848. The van der Waals surface area contributed by atoms with Gasteiger partial charge in [-0.05, 0) is 24.3 Å². The first-order chi connectivity index (χ1) is 12.4. The zero-order valence-corrected chi connectivity index (χ0v) is 12.9. The highest BCUT2D eigenvalue weighted by Gasteiger charge is 2.30. The molecule has 0 aliphatic carbocycles. The fourth-order valence-corrected chi connectivity index (χ4v) is 1.94. The number of nitrogens with zero attached hydrogens (tertiary/aromatic N) is 6. The average Bonchev–Trinajstić information content (AvgIpc) is 3.09. The van der Waals surface area contributed by atoms with Crippen LogP contribution in [0.4, 0.5) is 24.7 Å². The Bertz CT molecular complexity index is 919. The van der Waals surface area contributed by atoms with Crippen LogP contribution < -0.4 is 11.1 Å². The van der Waals surface area contributed by atoms with Crippen molar-refractivity contribution in [1.82, 2.24) is 25.0 Å². The lowest BCUT2D eigenvalue weighted by molar-refractivity contribution is -0.137. The summed E-state index contributed by atoms with van der Waals surface area (Å²) >= 11 is 0. The highest BCUT2D eigenvalue weighted by molar-refractivity contribution is 5.95. The number of rotatable bonds is 4. The van der Waals surface area contributed by atoms with Crippen LogP contribution in [0.25, 0.3) is 5.82 Å². The van der Waals surface area contributed by atoms with Crippen molar-refractivity contribution in [1.29, 1.82) is 0 Å². The second kappa shape index (κ2) is 6.66. The second-order valence-electron chi connectivity index (χ2n) is 4.99. The quantitative estimate of drug-likeness (QED) is 0.279. The molecule has 0 aromatic carbocycles. The lowest BCUT2D eigenvalue weighted by atomic mass is 10.3. The van der Waals surface area contributed by atoms with E-state index in [9.17, 15) is 13.2 Å². The monoisotopic (exact) mass is 364 g/mol. The lowest BCUT2D eigenvalue weighted by Crippen LogP contribution is -2.14. The molecule has 0 fully saturated rings. The SMILES string of the molecule is N/C(=N\O)c1ccc(Nc2cn(-c3ccc(C(F)(F)F)cn3)nn2)cn1. The molecule has 0 radical (unpaired) electrons. The van der Waals surface area contributed by atoms with Crippen LogP contribution in [0, 0.1) is 0 Å². The van der Waals surface area contributed by atoms with Crippen molar-refractivity contribution in [2.24, 2.45) is 10.9 Å². The molecular weight excluding hydrogens is 353 g/mol. The van der Waals surface area contributed by atoms with Gasteiger partial charge in [0.1, 0.15) is 5.69 Å². The van der Waals surface area contributed by atoms with E-state index in [1.54, 1.807) is 6.07 Å². The number of nitrogens with one attached hydrogen (secondary N) is 1. The van der Waals surface area contributed by atoms with Crippen molar-refractivity contribution in [2.45, 2.75) is 6.18 Å². The van der Waals surface area contributed by atoms with E-state index >= 15 is 0 Å². The molecule has 134 valence electrons. The normalized spacial score (nSPS) is 12.2. The zero-order valence-electron chi connectivity index (χ0n) is 12.9. The van der Waals surface area contributed by atoms with E-state index in [0.717, 1.165) is 12.3 Å². The predicted molar refractivity (Wildman–Crippen MR) is 84.2 cm³/mol. The minimum absolute atomic E-state index is 0.129. The molecule has 3 rings (SSSR count). The van der Waals surface area contributed by atoms with Gasteiger partial charge in [0.2, 0.25) is 0 Å². The lowest BCUT2D eigenvalue weighted by Gasteiger charge is -2.06. The Morgan fingerprint density at radius 1 is 1.15 bits per heavy atom. The van der Waals surface area contributed by atoms with E-state index in [1.807, 2.05) is 0 Å². The number of amidine groups is 1. The van der Waals surface area contributed by atoms with Gasteiger partial charge in [0.25, 0.3) is 0 Å². The number of anilines is 2. The second-order valence-corrected chi connectivity index (χ2v) is 4.99. The molecule has 3 aromatic rings. The Balaban J connectivity index is 1.74. The fraction of sp³-hybridized carbons (Fsp3) is 0.0714. The molecule has 3 heterocycles. The first-order valence-electron chi connectivity index (χ1n) is 7.04. The van der Waals surface area contributed by atoms with Gasteiger partial charge in [0, 0.05) is 6.20 Å². The minimum Gasteiger partial charge on any atom is -0.409 e. The molecule has 0 saturated heterocycles. The topological polar surface area (TPSA) is 127 Å². The summed E-state index contributed by atoms with van der Waals surface area (Å²) in [7, 11) is 0. The largest absolute Gasteiger partial charge is 0.417 e. The molecular formula is C14H11F3N8O. The first kappa shape index (κ1) is 17.1. The van der Waals surface area contributed by atoms with Crippen molar-refractivity contribution in [2.75, 3.05) is 5.32 Å². The van der Waals surface area contributed by atoms with Gasteiger partial charge in [-0.3, -0.25) is 4.98 Å². The smallest absolute Gasteiger partial charge is 0.409 e. The first-order valence-corrected chi connectivity index (χ1v) is 7.04. The minimum atomic E-state index is -4.45. The molecule has 0 spiro atoms. The highest BCUT2D eigenvalue weighted by Crippen LogP contribution is 2.28. The van der Waals surface area contributed by atoms with Crippen LogP contribution in [0.5, 0.6) is 0 Å². The fourth-order valence-electron chi connectivity index (χ4n) is 1.94. The van der Waals surface area contributed by atoms with E-state index in [-0.39, 0.29) is 17.3 Å². The van der Waals surface area contributed by atoms with Crippen LogP contribution in [-0.2, 0) is 6.18 Å². The summed E-state index contributed by atoms with van der Waals surface area (Å²) in [6.45, 7) is 0. The van der Waals surface area contributed by atoms with Gasteiger partial charge >= 0.3 is 6.18 Å². The summed E-state index contributed by atoms with van der Waals surface area (Å²) in [6, 6.07) is 5.25. The third-order valence-electron chi connectivity index (χ3n) is 3.21. The molecule has 0 bridgehead atoms. The van der Waals surface area contributed by atoms with Crippen LogP contribution in [0.2, 0.25) is 0 Å². The third kappa shape index (κ3) is 3.68. The van der Waals surface area contributed by atoms with E-state index in [4.69, 9.17) is 10.9 Å². The van der Waals surface area contributed by atoms with Gasteiger partial charge < -0.3 is 16.3 Å². The van der Waals surface area contributed by atoms with Crippen molar-refractivity contribution >= 4 is 17.3 Å². The Labute approximate surface area is 144 Å². The maximum atomic E-state index is 12.5. The van der Waals surface area contributed by atoms with Gasteiger partial charge in [0.05, 0.1) is 23.6 Å².